The lowest BCUT2D eigenvalue weighted by molar-refractivity contribution is -0.380. The summed E-state index contributed by atoms with van der Waals surface area (Å²) >= 11 is 0.955. The molecule has 0 amide bonds. The van der Waals surface area contributed by atoms with Gasteiger partial charge in [-0.1, -0.05) is 11.1 Å². The predicted octanol–water partition coefficient (Wildman–Crippen LogP) is 1.87. The number of anilines is 1. The number of hydrogen-bond donors (Lipinski definition) is 0. The van der Waals surface area contributed by atoms with Crippen LogP contribution in [0.3, 0.4) is 0 Å². The van der Waals surface area contributed by atoms with Crippen molar-refractivity contribution in [1.29, 1.82) is 0 Å². The van der Waals surface area contributed by atoms with Gasteiger partial charge in [0.2, 0.25) is 5.13 Å². The standard InChI is InChI=1S/C9H11N3O3S2/c1-6-4-11(17(15)5-7(6)2)9-10-3-8(16-9)12(13)14/h3H,4-5H2,1-2H3. The maximum absolute atomic E-state index is 11.9. The van der Waals surface area contributed by atoms with Crippen LogP contribution in [0.25, 0.3) is 0 Å². The molecule has 1 atom stereocenters. The smallest absolute Gasteiger partial charge is 0.262 e. The van der Waals surface area contributed by atoms with E-state index in [1.165, 1.54) is 6.20 Å². The number of nitro groups is 1. The van der Waals surface area contributed by atoms with E-state index in [0.717, 1.165) is 22.5 Å². The molecule has 92 valence electrons. The zero-order valence-corrected chi connectivity index (χ0v) is 11.0. The predicted molar refractivity (Wildman–Crippen MR) is 67.5 cm³/mol. The summed E-state index contributed by atoms with van der Waals surface area (Å²) in [4.78, 5) is 14.0. The Balaban J connectivity index is 2.28. The van der Waals surface area contributed by atoms with Crippen molar-refractivity contribution in [3.8, 4) is 0 Å². The van der Waals surface area contributed by atoms with E-state index in [4.69, 9.17) is 0 Å². The van der Waals surface area contributed by atoms with Crippen molar-refractivity contribution in [2.45, 2.75) is 13.8 Å². The van der Waals surface area contributed by atoms with Crippen molar-refractivity contribution in [2.24, 2.45) is 0 Å². The van der Waals surface area contributed by atoms with E-state index in [-0.39, 0.29) is 5.00 Å². The van der Waals surface area contributed by atoms with Crippen LogP contribution in [0, 0.1) is 10.1 Å². The van der Waals surface area contributed by atoms with Crippen molar-refractivity contribution in [3.63, 3.8) is 0 Å². The van der Waals surface area contributed by atoms with E-state index in [1.54, 1.807) is 4.31 Å². The van der Waals surface area contributed by atoms with Gasteiger partial charge in [0, 0.05) is 0 Å². The van der Waals surface area contributed by atoms with E-state index in [9.17, 15) is 14.3 Å². The SMILES string of the molecule is CC1=C(C)CS(=O)N(c2ncc([N+](=O)[O-])s2)C1. The van der Waals surface area contributed by atoms with Crippen LogP contribution in [0.1, 0.15) is 13.8 Å². The molecule has 1 unspecified atom stereocenters. The van der Waals surface area contributed by atoms with Gasteiger partial charge < -0.3 is 0 Å². The summed E-state index contributed by atoms with van der Waals surface area (Å²) in [5.74, 6) is 0.471. The molecule has 0 N–H and O–H groups in total. The molecule has 1 aliphatic heterocycles. The van der Waals surface area contributed by atoms with Crippen LogP contribution in [0.4, 0.5) is 10.1 Å². The number of thiazole rings is 1. The van der Waals surface area contributed by atoms with Gasteiger partial charge in [-0.3, -0.25) is 14.4 Å². The van der Waals surface area contributed by atoms with E-state index in [2.05, 4.69) is 4.98 Å². The minimum Gasteiger partial charge on any atom is -0.262 e. The second-order valence-electron chi connectivity index (χ2n) is 3.80. The Morgan fingerprint density at radius 3 is 2.82 bits per heavy atom. The summed E-state index contributed by atoms with van der Waals surface area (Å²) < 4.78 is 13.5. The first-order chi connectivity index (χ1) is 7.99. The molecule has 0 aliphatic carbocycles. The number of rotatable bonds is 2. The highest BCUT2D eigenvalue weighted by Crippen LogP contribution is 2.31. The Kier molecular flexibility index (Phi) is 3.25. The molecule has 1 aromatic rings. The average Bonchev–Trinajstić information content (AvgIpc) is 2.72. The molecule has 6 nitrogen and oxygen atoms in total. The Morgan fingerprint density at radius 2 is 2.24 bits per heavy atom. The third-order valence-electron chi connectivity index (χ3n) is 2.57. The fourth-order valence-electron chi connectivity index (χ4n) is 1.42. The van der Waals surface area contributed by atoms with E-state index in [1.807, 2.05) is 13.8 Å². The highest BCUT2D eigenvalue weighted by Gasteiger charge is 2.25. The monoisotopic (exact) mass is 273 g/mol. The molecule has 17 heavy (non-hydrogen) atoms. The molecule has 0 bridgehead atoms. The molecule has 2 rings (SSSR count). The fraction of sp³-hybridized carbons (Fsp3) is 0.444. The zero-order valence-electron chi connectivity index (χ0n) is 9.37. The highest BCUT2D eigenvalue weighted by molar-refractivity contribution is 7.86. The van der Waals surface area contributed by atoms with Gasteiger partial charge in [-0.05, 0) is 25.2 Å². The summed E-state index contributed by atoms with van der Waals surface area (Å²) in [6.07, 6.45) is 1.21. The highest BCUT2D eigenvalue weighted by atomic mass is 32.2. The normalized spacial score (nSPS) is 20.8. The lowest BCUT2D eigenvalue weighted by Crippen LogP contribution is -2.33. The molecular weight excluding hydrogens is 262 g/mol. The second kappa shape index (κ2) is 4.53. The number of aromatic nitrogens is 1. The summed E-state index contributed by atoms with van der Waals surface area (Å²) in [5, 5.41) is 11.0. The second-order valence-corrected chi connectivity index (χ2v) is 6.16. The Labute approximate surface area is 105 Å². The van der Waals surface area contributed by atoms with E-state index < -0.39 is 15.9 Å². The first-order valence-corrected chi connectivity index (χ1v) is 6.99. The van der Waals surface area contributed by atoms with Gasteiger partial charge in [-0.15, -0.1) is 0 Å². The third kappa shape index (κ3) is 2.37. The summed E-state index contributed by atoms with van der Waals surface area (Å²) in [5.41, 5.74) is 2.26. The summed E-state index contributed by atoms with van der Waals surface area (Å²) in [6.45, 7) is 4.44. The average molecular weight is 273 g/mol. The minimum absolute atomic E-state index is 0.0269. The molecule has 0 radical (unpaired) electrons. The van der Waals surface area contributed by atoms with Gasteiger partial charge in [0.15, 0.2) is 0 Å². The maximum atomic E-state index is 11.9. The molecule has 2 heterocycles. The first kappa shape index (κ1) is 12.2. The molecule has 0 saturated heterocycles. The van der Waals surface area contributed by atoms with Gasteiger partial charge in [0.05, 0.1) is 17.2 Å². The molecule has 8 heteroatoms. The van der Waals surface area contributed by atoms with Crippen LogP contribution in [-0.4, -0.2) is 26.4 Å². The number of nitrogens with zero attached hydrogens (tertiary/aromatic N) is 3. The fourth-order valence-corrected chi connectivity index (χ4v) is 3.75. The molecule has 0 fully saturated rings. The van der Waals surface area contributed by atoms with Gasteiger partial charge in [0.25, 0.3) is 0 Å². The Hall–Kier alpha value is -1.28. The quantitative estimate of drug-likeness (QED) is 0.468. The van der Waals surface area contributed by atoms with Gasteiger partial charge in [-0.2, -0.15) is 0 Å². The van der Waals surface area contributed by atoms with Gasteiger partial charge >= 0.3 is 5.00 Å². The molecule has 0 aromatic carbocycles. The van der Waals surface area contributed by atoms with Crippen molar-refractivity contribution in [2.75, 3.05) is 16.6 Å². The van der Waals surface area contributed by atoms with Crippen LogP contribution < -0.4 is 4.31 Å². The zero-order chi connectivity index (χ0) is 12.6. The third-order valence-corrected chi connectivity index (χ3v) is 5.13. The topological polar surface area (TPSA) is 76.3 Å². The maximum Gasteiger partial charge on any atom is 0.345 e. The molecule has 1 aromatic heterocycles. The lowest BCUT2D eigenvalue weighted by Gasteiger charge is -2.26. The first-order valence-electron chi connectivity index (χ1n) is 4.90. The van der Waals surface area contributed by atoms with Crippen LogP contribution >= 0.6 is 11.3 Å². The number of hydrogen-bond acceptors (Lipinski definition) is 5. The van der Waals surface area contributed by atoms with E-state index in [0.29, 0.717) is 17.4 Å². The summed E-state index contributed by atoms with van der Waals surface area (Å²) in [7, 11) is -1.18. The van der Waals surface area contributed by atoms with Crippen molar-refractivity contribution >= 4 is 32.5 Å². The Bertz CT molecular complexity index is 523. The molecule has 0 saturated carbocycles. The largest absolute Gasteiger partial charge is 0.345 e. The van der Waals surface area contributed by atoms with Crippen molar-refractivity contribution in [1.82, 2.24) is 4.98 Å². The Morgan fingerprint density at radius 1 is 1.53 bits per heavy atom. The van der Waals surface area contributed by atoms with E-state index >= 15 is 0 Å². The molecule has 1 aliphatic rings. The minimum atomic E-state index is -1.18. The van der Waals surface area contributed by atoms with Crippen LogP contribution in [0.2, 0.25) is 0 Å². The molecule has 0 spiro atoms. The van der Waals surface area contributed by atoms with Gasteiger partial charge in [-0.25, -0.2) is 9.19 Å². The summed E-state index contributed by atoms with van der Waals surface area (Å²) in [6, 6.07) is 0. The van der Waals surface area contributed by atoms with Gasteiger partial charge in [0.1, 0.15) is 17.2 Å². The lowest BCUT2D eigenvalue weighted by atomic mass is 10.2. The van der Waals surface area contributed by atoms with Crippen LogP contribution in [-0.2, 0) is 11.0 Å². The van der Waals surface area contributed by atoms with Crippen molar-refractivity contribution in [3.05, 3.63) is 27.5 Å². The van der Waals surface area contributed by atoms with Crippen molar-refractivity contribution < 1.29 is 9.13 Å². The molecular formula is C9H11N3O3S2. The van der Waals surface area contributed by atoms with Crippen LogP contribution in [0.5, 0.6) is 0 Å². The van der Waals surface area contributed by atoms with Crippen LogP contribution in [0.15, 0.2) is 17.3 Å².